The van der Waals surface area contributed by atoms with Gasteiger partial charge in [0.05, 0.1) is 66.7 Å². The number of aromatic nitrogens is 10. The van der Waals surface area contributed by atoms with E-state index in [-0.39, 0.29) is 5.41 Å². The Hall–Kier alpha value is -16.8. The van der Waals surface area contributed by atoms with Crippen molar-refractivity contribution >= 4 is 163 Å². The van der Waals surface area contributed by atoms with Crippen LogP contribution in [0, 0.1) is 0 Å². The monoisotopic (exact) mass is 1620 g/mol. The van der Waals surface area contributed by atoms with E-state index in [1.807, 2.05) is 104 Å². The summed E-state index contributed by atoms with van der Waals surface area (Å²) >= 11 is 0. The number of pyridine rings is 10. The van der Waals surface area contributed by atoms with Crippen molar-refractivity contribution < 1.29 is 0 Å². The molecule has 0 atom stereocenters. The third-order valence-electron chi connectivity index (χ3n) is 26.3. The first kappa shape index (κ1) is 72.9. The molecule has 10 aromatic heterocycles. The standard InChI is InChI=1S/C41H23N3.C40H27N3.C36H22N4/c1-2-11-34-31(8-1)37-32-9-4-22-42-40(32)41-33(10-5-23-43-41)38(37)39(44-34)28-16-12-24(13-17-28)29-20-18-27-15-14-25-6-3-7-26-19-21-30(29)36(27)35(25)26;1-40(2)32-13-5-3-9-27(32)28-20-19-26(23-33(28)40)24-15-17-25(18-16-24)37-36-31-12-8-22-42-39(31)38-30(11-7-21-41-38)35(36)29-10-4-6-14-34(29)43-37;1-2-11-31-28(8-1)32-29-9-4-18-38-35(29)36-30(10-5-19-39-36)33(32)34(40-31)25-14-12-23(13-15-25)26-6-3-7-27(22-26)24-16-20-37-21-17-24/h1-23H;3-23H,1-2H3;1-22H. The van der Waals surface area contributed by atoms with E-state index in [2.05, 4.69) is 316 Å². The average molecular weight is 1620 g/mol. The first-order valence-corrected chi connectivity index (χ1v) is 43.0. The molecule has 590 valence electrons. The zero-order chi connectivity index (χ0) is 84.0. The molecule has 127 heavy (non-hydrogen) atoms. The van der Waals surface area contributed by atoms with Crippen molar-refractivity contribution in [2.45, 2.75) is 19.3 Å². The summed E-state index contributed by atoms with van der Waals surface area (Å²) < 4.78 is 0. The highest BCUT2D eigenvalue weighted by Crippen LogP contribution is 2.52. The minimum Gasteiger partial charge on any atom is -0.265 e. The highest BCUT2D eigenvalue weighted by atomic mass is 14.8. The molecule has 1 aliphatic carbocycles. The lowest BCUT2D eigenvalue weighted by Crippen LogP contribution is -2.14. The fraction of sp³-hybridized carbons (Fsp3) is 0.0256. The first-order chi connectivity index (χ1) is 62.8. The highest BCUT2D eigenvalue weighted by molar-refractivity contribution is 6.35. The second kappa shape index (κ2) is 29.2. The Morgan fingerprint density at radius 2 is 0.504 bits per heavy atom. The van der Waals surface area contributed by atoms with Crippen molar-refractivity contribution in [3.63, 3.8) is 0 Å². The molecule has 0 unspecified atom stereocenters. The van der Waals surface area contributed by atoms with Crippen LogP contribution in [0.1, 0.15) is 25.0 Å². The lowest BCUT2D eigenvalue weighted by Gasteiger charge is -2.22. The van der Waals surface area contributed by atoms with Crippen LogP contribution in [0.4, 0.5) is 0 Å². The zero-order valence-corrected chi connectivity index (χ0v) is 69.1. The zero-order valence-electron chi connectivity index (χ0n) is 69.1. The van der Waals surface area contributed by atoms with Crippen molar-refractivity contribution in [2.75, 3.05) is 0 Å². The Balaban J connectivity index is 0.000000104. The molecule has 10 nitrogen and oxygen atoms in total. The lowest BCUT2D eigenvalue weighted by atomic mass is 9.81. The van der Waals surface area contributed by atoms with Crippen LogP contribution in [-0.2, 0) is 5.41 Å². The number of hydrogen-bond donors (Lipinski definition) is 0. The molecule has 27 rings (SSSR count). The van der Waals surface area contributed by atoms with E-state index in [1.54, 1.807) is 0 Å². The summed E-state index contributed by atoms with van der Waals surface area (Å²) in [5, 5.41) is 24.5. The van der Waals surface area contributed by atoms with Gasteiger partial charge < -0.3 is 0 Å². The molecule has 0 bridgehead atoms. The SMILES string of the molecule is CC1(C)c2ccccc2-c2ccc(-c3ccc(-c4nc5ccccc5c5c6cccnc6c6ncccc6c45)cc3)cc21.c1cc(-c2ccncc2)cc(-c2ccc(-c3nc4ccccc4c4c5cccnc5c5ncccc5c34)cc2)c1.c1cc2ccc3ccc(-c4ccc(-c5nc6ccccc6c6c7cccnc7c7ncccc7c56)cc4)c4ccc(c1)c2c34. The van der Waals surface area contributed by atoms with Crippen LogP contribution in [-0.4, -0.2) is 49.8 Å². The molecule has 0 saturated carbocycles. The number of para-hydroxylation sites is 3. The maximum atomic E-state index is 5.29. The van der Waals surface area contributed by atoms with Gasteiger partial charge in [-0.25, -0.2) is 15.0 Å². The molecule has 1 aliphatic rings. The molecule has 0 aliphatic heterocycles. The summed E-state index contributed by atoms with van der Waals surface area (Å²) in [5.41, 5.74) is 29.5. The summed E-state index contributed by atoms with van der Waals surface area (Å²) in [7, 11) is 0. The van der Waals surface area contributed by atoms with E-state index in [0.717, 1.165) is 159 Å². The van der Waals surface area contributed by atoms with Crippen LogP contribution in [0.15, 0.2) is 401 Å². The van der Waals surface area contributed by atoms with Crippen molar-refractivity contribution in [1.82, 2.24) is 49.8 Å². The number of nitrogens with zero attached hydrogens (tertiary/aromatic N) is 10. The first-order valence-electron chi connectivity index (χ1n) is 43.0. The average Bonchev–Trinajstić information content (AvgIpc) is 1.49. The second-order valence-electron chi connectivity index (χ2n) is 33.5. The largest absolute Gasteiger partial charge is 0.265 e. The summed E-state index contributed by atoms with van der Waals surface area (Å²) in [4.78, 5) is 48.6. The maximum absolute atomic E-state index is 5.29. The Morgan fingerprint density at radius 1 is 0.181 bits per heavy atom. The smallest absolute Gasteiger partial charge is 0.0971 e. The lowest BCUT2D eigenvalue weighted by molar-refractivity contribution is 0.660. The minimum absolute atomic E-state index is 0.0253. The van der Waals surface area contributed by atoms with Crippen molar-refractivity contribution in [3.05, 3.63) is 413 Å². The molecule has 16 aromatic carbocycles. The summed E-state index contributed by atoms with van der Waals surface area (Å²) in [6, 6.07) is 125. The fourth-order valence-corrected chi connectivity index (χ4v) is 20.4. The van der Waals surface area contributed by atoms with Crippen LogP contribution in [0.2, 0.25) is 0 Å². The highest BCUT2D eigenvalue weighted by Gasteiger charge is 2.36. The molecule has 0 spiro atoms. The Morgan fingerprint density at radius 3 is 0.953 bits per heavy atom. The molecule has 0 fully saturated rings. The molecular weight excluding hydrogens is 1550 g/mol. The van der Waals surface area contributed by atoms with Gasteiger partial charge in [0, 0.05) is 152 Å². The molecule has 26 aromatic rings. The molecule has 0 amide bonds. The van der Waals surface area contributed by atoms with Gasteiger partial charge in [-0.05, 0) is 178 Å². The topological polar surface area (TPSA) is 129 Å². The normalized spacial score (nSPS) is 12.4. The van der Waals surface area contributed by atoms with Crippen molar-refractivity contribution in [3.8, 4) is 89.4 Å². The predicted molar refractivity (Wildman–Crippen MR) is 527 cm³/mol. The fourth-order valence-electron chi connectivity index (χ4n) is 20.4. The van der Waals surface area contributed by atoms with E-state index in [4.69, 9.17) is 44.9 Å². The van der Waals surface area contributed by atoms with E-state index in [9.17, 15) is 0 Å². The summed E-state index contributed by atoms with van der Waals surface area (Å²) in [6.45, 7) is 4.67. The van der Waals surface area contributed by atoms with Crippen LogP contribution < -0.4 is 0 Å². The van der Waals surface area contributed by atoms with Gasteiger partial charge >= 0.3 is 0 Å². The van der Waals surface area contributed by atoms with Gasteiger partial charge in [-0.1, -0.05) is 287 Å². The van der Waals surface area contributed by atoms with E-state index < -0.39 is 0 Å². The van der Waals surface area contributed by atoms with Gasteiger partial charge in [-0.2, -0.15) is 0 Å². The minimum atomic E-state index is -0.0253. The maximum Gasteiger partial charge on any atom is 0.0971 e. The molecule has 0 radical (unpaired) electrons. The molecular formula is C117H72N10. The number of fused-ring (bicyclic) bond motifs is 27. The molecule has 0 saturated heterocycles. The number of hydrogen-bond acceptors (Lipinski definition) is 10. The predicted octanol–water partition coefficient (Wildman–Crippen LogP) is 29.7. The van der Waals surface area contributed by atoms with Gasteiger partial charge in [0.2, 0.25) is 0 Å². The third kappa shape index (κ3) is 11.7. The Bertz CT molecular complexity index is 9030. The van der Waals surface area contributed by atoms with Crippen LogP contribution >= 0.6 is 0 Å². The summed E-state index contributed by atoms with van der Waals surface area (Å²) in [6.07, 6.45) is 14.7. The van der Waals surface area contributed by atoms with E-state index in [1.165, 1.54) is 104 Å². The molecule has 0 N–H and O–H groups in total. The van der Waals surface area contributed by atoms with Crippen LogP contribution in [0.25, 0.3) is 252 Å². The molecule has 10 heterocycles. The van der Waals surface area contributed by atoms with Crippen molar-refractivity contribution in [1.29, 1.82) is 0 Å². The van der Waals surface area contributed by atoms with Crippen LogP contribution in [0.5, 0.6) is 0 Å². The van der Waals surface area contributed by atoms with Crippen molar-refractivity contribution in [2.24, 2.45) is 0 Å². The number of benzene rings is 16. The van der Waals surface area contributed by atoms with Gasteiger partial charge in [0.15, 0.2) is 0 Å². The third-order valence-corrected chi connectivity index (χ3v) is 26.3. The van der Waals surface area contributed by atoms with E-state index >= 15 is 0 Å². The summed E-state index contributed by atoms with van der Waals surface area (Å²) in [5.74, 6) is 0. The number of rotatable bonds is 7. The Labute approximate surface area is 729 Å². The van der Waals surface area contributed by atoms with Crippen LogP contribution in [0.3, 0.4) is 0 Å². The molecule has 10 heteroatoms. The van der Waals surface area contributed by atoms with Gasteiger partial charge in [-0.15, -0.1) is 0 Å². The van der Waals surface area contributed by atoms with Gasteiger partial charge in [0.25, 0.3) is 0 Å². The quantitative estimate of drug-likeness (QED) is 0.142. The van der Waals surface area contributed by atoms with E-state index in [0.29, 0.717) is 0 Å². The Kier molecular flexibility index (Phi) is 16.8. The van der Waals surface area contributed by atoms with Gasteiger partial charge in [-0.3, -0.25) is 34.9 Å². The van der Waals surface area contributed by atoms with Gasteiger partial charge in [0.1, 0.15) is 0 Å². The second-order valence-corrected chi connectivity index (χ2v) is 33.5.